The van der Waals surface area contributed by atoms with Crippen LogP contribution in [0.4, 0.5) is 0 Å². The van der Waals surface area contributed by atoms with E-state index in [0.717, 1.165) is 12.0 Å². The highest BCUT2D eigenvalue weighted by atomic mass is 32.2. The molecule has 4 nitrogen and oxygen atoms in total. The summed E-state index contributed by atoms with van der Waals surface area (Å²) in [5.41, 5.74) is 1.00. The zero-order valence-electron chi connectivity index (χ0n) is 11.3. The Bertz CT molecular complexity index is 506. The van der Waals surface area contributed by atoms with Crippen molar-refractivity contribution in [2.45, 2.75) is 37.7 Å². The van der Waals surface area contributed by atoms with Gasteiger partial charge in [0.25, 0.3) is 0 Å². The van der Waals surface area contributed by atoms with E-state index >= 15 is 0 Å². The summed E-state index contributed by atoms with van der Waals surface area (Å²) in [7, 11) is -3.54. The van der Waals surface area contributed by atoms with Crippen LogP contribution in [0.5, 0.6) is 0 Å². The van der Waals surface area contributed by atoms with Gasteiger partial charge in [-0.2, -0.15) is 0 Å². The maximum Gasteiger partial charge on any atom is 0.240 e. The molecule has 1 aromatic carbocycles. The molecule has 0 fully saturated rings. The molecular formula is C14H21NO3S. The molecule has 0 saturated carbocycles. The van der Waals surface area contributed by atoms with E-state index in [1.807, 2.05) is 26.0 Å². The number of aliphatic hydroxyl groups excluding tert-OH is 1. The predicted molar refractivity (Wildman–Crippen MR) is 76.4 cm³/mol. The van der Waals surface area contributed by atoms with Crippen LogP contribution >= 0.6 is 0 Å². The number of sulfonamides is 1. The number of nitrogens with one attached hydrogen (secondary N) is 1. The van der Waals surface area contributed by atoms with Gasteiger partial charge in [0.15, 0.2) is 0 Å². The molecule has 0 aliphatic heterocycles. The van der Waals surface area contributed by atoms with Crippen LogP contribution in [0.1, 0.15) is 25.3 Å². The van der Waals surface area contributed by atoms with Crippen molar-refractivity contribution < 1.29 is 13.5 Å². The lowest BCUT2D eigenvalue weighted by Crippen LogP contribution is -2.31. The minimum absolute atomic E-state index is 0.0181. The Morgan fingerprint density at radius 2 is 1.89 bits per heavy atom. The minimum Gasteiger partial charge on any atom is -0.391 e. The monoisotopic (exact) mass is 283 g/mol. The molecule has 0 aliphatic rings. The van der Waals surface area contributed by atoms with Crippen LogP contribution in [0.15, 0.2) is 41.3 Å². The van der Waals surface area contributed by atoms with Gasteiger partial charge in [-0.3, -0.25) is 0 Å². The largest absolute Gasteiger partial charge is 0.391 e. The highest BCUT2D eigenvalue weighted by Gasteiger charge is 2.14. The normalized spacial score (nSPS) is 13.8. The average molecular weight is 283 g/mol. The van der Waals surface area contributed by atoms with E-state index in [-0.39, 0.29) is 11.4 Å². The van der Waals surface area contributed by atoms with Crippen LogP contribution in [-0.2, 0) is 10.0 Å². The molecule has 0 unspecified atom stereocenters. The first-order chi connectivity index (χ1) is 8.95. The predicted octanol–water partition coefficient (Wildman–Crippen LogP) is 1.99. The summed E-state index contributed by atoms with van der Waals surface area (Å²) in [4.78, 5) is 0.217. The molecule has 0 radical (unpaired) electrons. The molecule has 1 rings (SSSR count). The third kappa shape index (κ3) is 5.55. The number of aliphatic hydroxyl groups is 1. The Morgan fingerprint density at radius 3 is 2.47 bits per heavy atom. The summed E-state index contributed by atoms with van der Waals surface area (Å²) >= 11 is 0. The van der Waals surface area contributed by atoms with Gasteiger partial charge in [0, 0.05) is 6.54 Å². The zero-order valence-corrected chi connectivity index (χ0v) is 12.2. The van der Waals surface area contributed by atoms with E-state index < -0.39 is 16.1 Å². The number of allylic oxidation sites excluding steroid dienone is 1. The number of hydrogen-bond acceptors (Lipinski definition) is 3. The fourth-order valence-electron chi connectivity index (χ4n) is 1.51. The van der Waals surface area contributed by atoms with E-state index in [4.69, 9.17) is 0 Å². The quantitative estimate of drug-likeness (QED) is 0.752. The Balaban J connectivity index is 2.56. The van der Waals surface area contributed by atoms with E-state index in [2.05, 4.69) is 4.72 Å². The van der Waals surface area contributed by atoms with E-state index in [1.165, 1.54) is 0 Å². The number of benzene rings is 1. The zero-order chi connectivity index (χ0) is 14.3. The second-order valence-electron chi connectivity index (χ2n) is 4.43. The Hall–Kier alpha value is -1.17. The minimum atomic E-state index is -3.54. The van der Waals surface area contributed by atoms with Crippen LogP contribution in [0, 0.1) is 6.92 Å². The second kappa shape index (κ2) is 7.43. The molecular weight excluding hydrogens is 262 g/mol. The van der Waals surface area contributed by atoms with Gasteiger partial charge >= 0.3 is 0 Å². The lowest BCUT2D eigenvalue weighted by molar-refractivity contribution is 0.181. The van der Waals surface area contributed by atoms with Crippen molar-refractivity contribution in [2.75, 3.05) is 6.54 Å². The van der Waals surface area contributed by atoms with Gasteiger partial charge in [0.05, 0.1) is 11.0 Å². The molecule has 0 heterocycles. The van der Waals surface area contributed by atoms with E-state index in [9.17, 15) is 13.5 Å². The highest BCUT2D eigenvalue weighted by Crippen LogP contribution is 2.09. The Labute approximate surface area is 115 Å². The first-order valence-electron chi connectivity index (χ1n) is 6.35. The van der Waals surface area contributed by atoms with Crippen molar-refractivity contribution in [3.63, 3.8) is 0 Å². The summed E-state index contributed by atoms with van der Waals surface area (Å²) in [5.74, 6) is 0. The average Bonchev–Trinajstić information content (AvgIpc) is 2.37. The number of rotatable bonds is 7. The smallest absolute Gasteiger partial charge is 0.240 e. The maximum atomic E-state index is 11.9. The lowest BCUT2D eigenvalue weighted by atomic mass is 10.2. The maximum absolute atomic E-state index is 11.9. The van der Waals surface area contributed by atoms with Crippen LogP contribution < -0.4 is 4.72 Å². The van der Waals surface area contributed by atoms with Gasteiger partial charge in [0.2, 0.25) is 10.0 Å². The summed E-state index contributed by atoms with van der Waals surface area (Å²) in [5, 5.41) is 9.65. The third-order valence-electron chi connectivity index (χ3n) is 2.65. The molecule has 1 atom stereocenters. The fourth-order valence-corrected chi connectivity index (χ4v) is 2.58. The lowest BCUT2D eigenvalue weighted by Gasteiger charge is -2.10. The van der Waals surface area contributed by atoms with Crippen molar-refractivity contribution in [3.05, 3.63) is 42.0 Å². The van der Waals surface area contributed by atoms with Crippen LogP contribution in [-0.4, -0.2) is 26.2 Å². The van der Waals surface area contributed by atoms with Crippen molar-refractivity contribution in [1.29, 1.82) is 0 Å². The van der Waals surface area contributed by atoms with E-state index in [1.54, 1.807) is 24.3 Å². The van der Waals surface area contributed by atoms with Gasteiger partial charge in [-0.25, -0.2) is 13.1 Å². The molecule has 5 heteroatoms. The molecule has 0 saturated heterocycles. The first-order valence-corrected chi connectivity index (χ1v) is 7.83. The number of aryl methyl sites for hydroxylation is 1. The van der Waals surface area contributed by atoms with Gasteiger partial charge < -0.3 is 5.11 Å². The molecule has 0 aromatic heterocycles. The van der Waals surface area contributed by atoms with Crippen molar-refractivity contribution >= 4 is 10.0 Å². The number of hydrogen-bond donors (Lipinski definition) is 2. The van der Waals surface area contributed by atoms with Crippen LogP contribution in [0.2, 0.25) is 0 Å². The molecule has 106 valence electrons. The first kappa shape index (κ1) is 15.9. The summed E-state index contributed by atoms with van der Waals surface area (Å²) in [6, 6.07) is 6.60. The van der Waals surface area contributed by atoms with Crippen LogP contribution in [0.3, 0.4) is 0 Å². The topological polar surface area (TPSA) is 66.4 Å². The highest BCUT2D eigenvalue weighted by molar-refractivity contribution is 7.89. The van der Waals surface area contributed by atoms with Crippen LogP contribution in [0.25, 0.3) is 0 Å². The molecule has 0 aliphatic carbocycles. The summed E-state index contributed by atoms with van der Waals surface area (Å²) < 4.78 is 26.3. The Kier molecular flexibility index (Phi) is 6.21. The second-order valence-corrected chi connectivity index (χ2v) is 6.20. The Morgan fingerprint density at radius 1 is 1.26 bits per heavy atom. The van der Waals surface area contributed by atoms with Crippen molar-refractivity contribution in [2.24, 2.45) is 0 Å². The standard InChI is InChI=1S/C14H21NO3S/c1-3-4-5-6-13(16)11-15-19(17,18)14-9-7-12(2)8-10-14/h4-5,7-10,13,15-16H,3,6,11H2,1-2H3/b5-4-/t13-/m1/s1. The SMILES string of the molecule is CC/C=C\C[C@@H](O)CNS(=O)(=O)c1ccc(C)cc1. The summed E-state index contributed by atoms with van der Waals surface area (Å²) in [6.45, 7) is 3.92. The molecule has 0 spiro atoms. The fraction of sp³-hybridized carbons (Fsp3) is 0.429. The van der Waals surface area contributed by atoms with Gasteiger partial charge in [-0.1, -0.05) is 36.8 Å². The molecule has 2 N–H and O–H groups in total. The van der Waals surface area contributed by atoms with Gasteiger partial charge in [-0.15, -0.1) is 0 Å². The third-order valence-corrected chi connectivity index (χ3v) is 4.09. The van der Waals surface area contributed by atoms with E-state index in [0.29, 0.717) is 6.42 Å². The molecule has 0 amide bonds. The molecule has 1 aromatic rings. The molecule has 0 bridgehead atoms. The van der Waals surface area contributed by atoms with Crippen molar-refractivity contribution in [1.82, 2.24) is 4.72 Å². The van der Waals surface area contributed by atoms with Gasteiger partial charge in [-0.05, 0) is 31.9 Å². The molecule has 19 heavy (non-hydrogen) atoms. The summed E-state index contributed by atoms with van der Waals surface area (Å²) in [6.07, 6.45) is 4.44. The van der Waals surface area contributed by atoms with Gasteiger partial charge in [0.1, 0.15) is 0 Å². The van der Waals surface area contributed by atoms with Crippen molar-refractivity contribution in [3.8, 4) is 0 Å².